The first-order chi connectivity index (χ1) is 5.83. The molecule has 0 saturated heterocycles. The summed E-state index contributed by atoms with van der Waals surface area (Å²) in [6.45, 7) is 4.20. The Morgan fingerprint density at radius 2 is 1.67 bits per heavy atom. The summed E-state index contributed by atoms with van der Waals surface area (Å²) in [4.78, 5) is 0. The third kappa shape index (κ3) is 3.98. The van der Waals surface area contributed by atoms with Gasteiger partial charge in [-0.05, 0) is 24.1 Å². The van der Waals surface area contributed by atoms with Gasteiger partial charge >= 0.3 is 0 Å². The molecule has 0 unspecified atom stereocenters. The number of rotatable bonds is 2. The average molecular weight is 167 g/mol. The standard InChI is InChI=1S/C8H11NO.C2H6/c9-8-3-1-7(2-4-8)5-6-10;1-2/h1-4,10H,5-6,9H2;1-2H3. The molecule has 0 fully saturated rings. The van der Waals surface area contributed by atoms with Crippen molar-refractivity contribution in [1.82, 2.24) is 0 Å². The third-order valence-corrected chi connectivity index (χ3v) is 1.38. The van der Waals surface area contributed by atoms with Crippen LogP contribution in [0.15, 0.2) is 24.3 Å². The van der Waals surface area contributed by atoms with Crippen molar-refractivity contribution in [2.45, 2.75) is 20.3 Å². The van der Waals surface area contributed by atoms with E-state index in [4.69, 9.17) is 10.8 Å². The zero-order valence-corrected chi connectivity index (χ0v) is 7.75. The van der Waals surface area contributed by atoms with Crippen molar-refractivity contribution < 1.29 is 5.11 Å². The number of aliphatic hydroxyl groups is 1. The molecule has 0 heterocycles. The Balaban J connectivity index is 0.000000561. The highest BCUT2D eigenvalue weighted by Gasteiger charge is 1.88. The zero-order valence-electron chi connectivity index (χ0n) is 7.75. The van der Waals surface area contributed by atoms with Gasteiger partial charge < -0.3 is 10.8 Å². The molecule has 0 saturated carbocycles. The Kier molecular flexibility index (Phi) is 6.11. The molecule has 0 bridgehead atoms. The van der Waals surface area contributed by atoms with E-state index in [-0.39, 0.29) is 6.61 Å². The molecule has 1 aromatic carbocycles. The van der Waals surface area contributed by atoms with E-state index < -0.39 is 0 Å². The van der Waals surface area contributed by atoms with Gasteiger partial charge in [-0.2, -0.15) is 0 Å². The first-order valence-corrected chi connectivity index (χ1v) is 4.28. The number of hydrogen-bond donors (Lipinski definition) is 2. The molecule has 0 radical (unpaired) electrons. The van der Waals surface area contributed by atoms with Crippen LogP contribution in [-0.2, 0) is 6.42 Å². The van der Waals surface area contributed by atoms with Crippen LogP contribution in [0.1, 0.15) is 19.4 Å². The summed E-state index contributed by atoms with van der Waals surface area (Å²) in [7, 11) is 0. The lowest BCUT2D eigenvalue weighted by Crippen LogP contribution is -1.90. The second-order valence-electron chi connectivity index (χ2n) is 2.22. The molecule has 1 rings (SSSR count). The van der Waals surface area contributed by atoms with Gasteiger partial charge in [-0.3, -0.25) is 0 Å². The Hall–Kier alpha value is -1.02. The summed E-state index contributed by atoms with van der Waals surface area (Å²) in [6, 6.07) is 7.52. The molecule has 0 amide bonds. The van der Waals surface area contributed by atoms with Crippen LogP contribution in [0.5, 0.6) is 0 Å². The largest absolute Gasteiger partial charge is 0.399 e. The van der Waals surface area contributed by atoms with E-state index in [9.17, 15) is 0 Å². The van der Waals surface area contributed by atoms with Crippen LogP contribution in [0, 0.1) is 0 Å². The van der Waals surface area contributed by atoms with Gasteiger partial charge in [0.1, 0.15) is 0 Å². The summed E-state index contributed by atoms with van der Waals surface area (Å²) < 4.78 is 0. The quantitative estimate of drug-likeness (QED) is 0.660. The summed E-state index contributed by atoms with van der Waals surface area (Å²) in [6.07, 6.45) is 0.709. The fourth-order valence-electron chi connectivity index (χ4n) is 0.813. The molecule has 2 nitrogen and oxygen atoms in total. The van der Waals surface area contributed by atoms with Crippen molar-refractivity contribution >= 4 is 5.69 Å². The molecular formula is C10H17NO. The van der Waals surface area contributed by atoms with E-state index in [0.29, 0.717) is 6.42 Å². The van der Waals surface area contributed by atoms with Crippen LogP contribution >= 0.6 is 0 Å². The van der Waals surface area contributed by atoms with E-state index >= 15 is 0 Å². The van der Waals surface area contributed by atoms with Gasteiger partial charge in [-0.1, -0.05) is 26.0 Å². The van der Waals surface area contributed by atoms with Crippen molar-refractivity contribution in [3.8, 4) is 0 Å². The highest BCUT2D eigenvalue weighted by atomic mass is 16.2. The summed E-state index contributed by atoms with van der Waals surface area (Å²) >= 11 is 0. The van der Waals surface area contributed by atoms with Gasteiger partial charge in [0.15, 0.2) is 0 Å². The lowest BCUT2D eigenvalue weighted by atomic mass is 10.1. The molecule has 0 aliphatic carbocycles. The SMILES string of the molecule is CC.Nc1ccc(CCO)cc1. The summed E-state index contributed by atoms with van der Waals surface area (Å²) in [5, 5.41) is 8.56. The minimum absolute atomic E-state index is 0.198. The van der Waals surface area contributed by atoms with Gasteiger partial charge in [0, 0.05) is 12.3 Å². The maximum absolute atomic E-state index is 8.56. The Morgan fingerprint density at radius 3 is 2.08 bits per heavy atom. The molecule has 0 spiro atoms. The molecule has 3 N–H and O–H groups in total. The topological polar surface area (TPSA) is 46.2 Å². The Morgan fingerprint density at radius 1 is 1.17 bits per heavy atom. The van der Waals surface area contributed by atoms with Crippen molar-refractivity contribution in [3.63, 3.8) is 0 Å². The highest BCUT2D eigenvalue weighted by Crippen LogP contribution is 2.04. The van der Waals surface area contributed by atoms with Crippen LogP contribution in [0.4, 0.5) is 5.69 Å². The normalized spacial score (nSPS) is 8.58. The summed E-state index contributed by atoms with van der Waals surface area (Å²) in [5.74, 6) is 0. The van der Waals surface area contributed by atoms with Crippen LogP contribution in [0.3, 0.4) is 0 Å². The number of nitrogen functional groups attached to an aromatic ring is 1. The fourth-order valence-corrected chi connectivity index (χ4v) is 0.813. The molecule has 0 atom stereocenters. The number of aliphatic hydroxyl groups excluding tert-OH is 1. The van der Waals surface area contributed by atoms with Gasteiger partial charge in [0.2, 0.25) is 0 Å². The lowest BCUT2D eigenvalue weighted by molar-refractivity contribution is 0.299. The second-order valence-corrected chi connectivity index (χ2v) is 2.22. The van der Waals surface area contributed by atoms with E-state index in [1.807, 2.05) is 38.1 Å². The zero-order chi connectivity index (χ0) is 9.40. The maximum atomic E-state index is 8.56. The average Bonchev–Trinajstić information content (AvgIpc) is 2.13. The van der Waals surface area contributed by atoms with Crippen LogP contribution < -0.4 is 5.73 Å². The van der Waals surface area contributed by atoms with Gasteiger partial charge in [-0.25, -0.2) is 0 Å². The second kappa shape index (κ2) is 6.68. The lowest BCUT2D eigenvalue weighted by Gasteiger charge is -1.96. The van der Waals surface area contributed by atoms with Gasteiger partial charge in [0.05, 0.1) is 0 Å². The molecule has 2 heteroatoms. The van der Waals surface area contributed by atoms with Gasteiger partial charge in [-0.15, -0.1) is 0 Å². The van der Waals surface area contributed by atoms with E-state index in [2.05, 4.69) is 0 Å². The predicted octanol–water partition coefficient (Wildman–Crippen LogP) is 1.83. The van der Waals surface area contributed by atoms with E-state index in [0.717, 1.165) is 11.3 Å². The number of nitrogens with two attached hydrogens (primary N) is 1. The number of benzene rings is 1. The number of hydrogen-bond acceptors (Lipinski definition) is 2. The van der Waals surface area contributed by atoms with Crippen LogP contribution in [0.25, 0.3) is 0 Å². The van der Waals surface area contributed by atoms with E-state index in [1.54, 1.807) is 0 Å². The van der Waals surface area contributed by atoms with Crippen molar-refractivity contribution in [1.29, 1.82) is 0 Å². The molecular weight excluding hydrogens is 150 g/mol. The Bertz CT molecular complexity index is 193. The summed E-state index contributed by atoms with van der Waals surface area (Å²) in [5.41, 5.74) is 7.35. The maximum Gasteiger partial charge on any atom is 0.0471 e. The molecule has 1 aromatic rings. The first kappa shape index (κ1) is 11.0. The van der Waals surface area contributed by atoms with Gasteiger partial charge in [0.25, 0.3) is 0 Å². The minimum atomic E-state index is 0.198. The number of anilines is 1. The van der Waals surface area contributed by atoms with Crippen LogP contribution in [0.2, 0.25) is 0 Å². The van der Waals surface area contributed by atoms with E-state index in [1.165, 1.54) is 0 Å². The molecule has 0 aliphatic heterocycles. The van der Waals surface area contributed by atoms with Crippen LogP contribution in [-0.4, -0.2) is 11.7 Å². The third-order valence-electron chi connectivity index (χ3n) is 1.38. The smallest absolute Gasteiger partial charge is 0.0471 e. The minimum Gasteiger partial charge on any atom is -0.399 e. The molecule has 0 aliphatic rings. The molecule has 12 heavy (non-hydrogen) atoms. The Labute approximate surface area is 74.0 Å². The van der Waals surface area contributed by atoms with Crippen molar-refractivity contribution in [2.24, 2.45) is 0 Å². The predicted molar refractivity (Wildman–Crippen MR) is 53.0 cm³/mol. The first-order valence-electron chi connectivity index (χ1n) is 4.28. The van der Waals surface area contributed by atoms with Crippen molar-refractivity contribution in [2.75, 3.05) is 12.3 Å². The molecule has 0 aromatic heterocycles. The fraction of sp³-hybridized carbons (Fsp3) is 0.400. The highest BCUT2D eigenvalue weighted by molar-refractivity contribution is 5.39. The van der Waals surface area contributed by atoms with Crippen molar-refractivity contribution in [3.05, 3.63) is 29.8 Å². The monoisotopic (exact) mass is 167 g/mol. The molecule has 68 valence electrons.